The summed E-state index contributed by atoms with van der Waals surface area (Å²) in [6, 6.07) is 4.05. The number of carbonyl (C=O) groups excluding carboxylic acids is 4. The number of benzene rings is 1. The smallest absolute Gasteiger partial charge is 0.326 e. The molecular weight excluding hydrogens is 416 g/mol. The van der Waals surface area contributed by atoms with E-state index in [0.717, 1.165) is 11.3 Å². The van der Waals surface area contributed by atoms with Crippen molar-refractivity contribution >= 4 is 23.7 Å². The molecule has 9 heteroatoms. The molecule has 1 aliphatic heterocycles. The molecule has 0 radical (unpaired) electrons. The Morgan fingerprint density at radius 1 is 1.16 bits per heavy atom. The van der Waals surface area contributed by atoms with Gasteiger partial charge in [0.15, 0.2) is 6.61 Å². The van der Waals surface area contributed by atoms with Crippen LogP contribution < -0.4 is 14.8 Å². The van der Waals surface area contributed by atoms with Gasteiger partial charge in [0, 0.05) is 6.07 Å². The number of imide groups is 1. The molecule has 2 fully saturated rings. The fraction of sp³-hybridized carbons (Fsp3) is 0.565. The topological polar surface area (TPSA) is 111 Å². The zero-order valence-corrected chi connectivity index (χ0v) is 19.1. The van der Waals surface area contributed by atoms with E-state index in [1.165, 1.54) is 20.3 Å². The average Bonchev–Trinajstić information content (AvgIpc) is 2.93. The van der Waals surface area contributed by atoms with Crippen LogP contribution in [0.5, 0.6) is 11.5 Å². The molecule has 3 amide bonds. The van der Waals surface area contributed by atoms with Gasteiger partial charge in [0.1, 0.15) is 23.6 Å². The molecule has 3 rings (SSSR count). The van der Waals surface area contributed by atoms with E-state index >= 15 is 0 Å². The Balaban J connectivity index is 1.62. The maximum Gasteiger partial charge on any atom is 0.326 e. The van der Waals surface area contributed by atoms with Crippen molar-refractivity contribution in [3.63, 3.8) is 0 Å². The van der Waals surface area contributed by atoms with E-state index in [-0.39, 0.29) is 22.6 Å². The van der Waals surface area contributed by atoms with Crippen molar-refractivity contribution in [1.82, 2.24) is 10.2 Å². The predicted octanol–water partition coefficient (Wildman–Crippen LogP) is 2.57. The molecule has 1 aromatic rings. The van der Waals surface area contributed by atoms with E-state index in [2.05, 4.69) is 26.1 Å². The highest BCUT2D eigenvalue weighted by molar-refractivity contribution is 6.09. The molecule has 174 valence electrons. The van der Waals surface area contributed by atoms with Crippen LogP contribution in [0.25, 0.3) is 0 Å². The number of rotatable bonds is 7. The van der Waals surface area contributed by atoms with E-state index in [0.29, 0.717) is 18.6 Å². The van der Waals surface area contributed by atoms with Gasteiger partial charge in [-0.25, -0.2) is 4.79 Å². The van der Waals surface area contributed by atoms with E-state index in [4.69, 9.17) is 14.2 Å². The van der Waals surface area contributed by atoms with Crippen molar-refractivity contribution in [2.75, 3.05) is 27.4 Å². The van der Waals surface area contributed by atoms with E-state index < -0.39 is 42.4 Å². The SMILES string of the molecule is COc1ccc(C(=O)COC(=O)CN2C(=O)N[C@@]3(C[C@H](C)CC(C)(C)C3)C2=O)c(OC)c1. The lowest BCUT2D eigenvalue weighted by Crippen LogP contribution is -2.54. The first-order valence-electron chi connectivity index (χ1n) is 10.6. The van der Waals surface area contributed by atoms with Crippen LogP contribution in [-0.4, -0.2) is 61.5 Å². The molecule has 32 heavy (non-hydrogen) atoms. The summed E-state index contributed by atoms with van der Waals surface area (Å²) in [7, 11) is 2.91. The van der Waals surface area contributed by atoms with Gasteiger partial charge in [0.05, 0.1) is 19.8 Å². The summed E-state index contributed by atoms with van der Waals surface area (Å²) in [4.78, 5) is 51.3. The van der Waals surface area contributed by atoms with Gasteiger partial charge in [-0.3, -0.25) is 19.3 Å². The van der Waals surface area contributed by atoms with E-state index in [1.807, 2.05) is 0 Å². The zero-order chi connectivity index (χ0) is 23.7. The van der Waals surface area contributed by atoms with Gasteiger partial charge in [-0.05, 0) is 42.7 Å². The summed E-state index contributed by atoms with van der Waals surface area (Å²) < 4.78 is 15.4. The van der Waals surface area contributed by atoms with Crippen molar-refractivity contribution in [2.45, 2.75) is 45.6 Å². The third-order valence-corrected chi connectivity index (χ3v) is 5.98. The summed E-state index contributed by atoms with van der Waals surface area (Å²) in [6.07, 6.45) is 2.00. The predicted molar refractivity (Wildman–Crippen MR) is 115 cm³/mol. The fourth-order valence-corrected chi connectivity index (χ4v) is 5.08. The minimum absolute atomic E-state index is 0.110. The van der Waals surface area contributed by atoms with Crippen LogP contribution in [0.4, 0.5) is 4.79 Å². The number of nitrogens with zero attached hydrogens (tertiary/aromatic N) is 1. The summed E-state index contributed by atoms with van der Waals surface area (Å²) >= 11 is 0. The molecule has 1 spiro atoms. The number of hydrogen-bond acceptors (Lipinski definition) is 7. The van der Waals surface area contributed by atoms with Crippen LogP contribution in [0.2, 0.25) is 0 Å². The van der Waals surface area contributed by atoms with Crippen molar-refractivity contribution in [2.24, 2.45) is 11.3 Å². The lowest BCUT2D eigenvalue weighted by Gasteiger charge is -2.43. The Hall–Kier alpha value is -3.10. The maximum atomic E-state index is 13.1. The summed E-state index contributed by atoms with van der Waals surface area (Å²) in [5.74, 6) is -0.670. The first kappa shape index (κ1) is 23.6. The zero-order valence-electron chi connectivity index (χ0n) is 19.1. The molecule has 1 aliphatic carbocycles. The molecule has 1 saturated heterocycles. The minimum atomic E-state index is -0.995. The number of methoxy groups -OCH3 is 2. The molecule has 2 aliphatic rings. The number of esters is 1. The first-order valence-corrected chi connectivity index (χ1v) is 10.6. The third kappa shape index (κ3) is 4.71. The largest absolute Gasteiger partial charge is 0.497 e. The Morgan fingerprint density at radius 2 is 1.88 bits per heavy atom. The lowest BCUT2D eigenvalue weighted by molar-refractivity contribution is -0.147. The molecular formula is C23H30N2O7. The van der Waals surface area contributed by atoms with Gasteiger partial charge in [-0.1, -0.05) is 20.8 Å². The number of carbonyl (C=O) groups is 4. The minimum Gasteiger partial charge on any atom is -0.497 e. The lowest BCUT2D eigenvalue weighted by atomic mass is 9.64. The third-order valence-electron chi connectivity index (χ3n) is 5.98. The highest BCUT2D eigenvalue weighted by Gasteiger charge is 2.56. The molecule has 0 bridgehead atoms. The number of ketones is 1. The average molecular weight is 447 g/mol. The van der Waals surface area contributed by atoms with Gasteiger partial charge in [0.2, 0.25) is 5.78 Å². The number of Topliss-reactive ketones (excluding diaryl/α,β-unsaturated/α-hetero) is 1. The number of hydrogen-bond donors (Lipinski definition) is 1. The van der Waals surface area contributed by atoms with Crippen molar-refractivity contribution in [3.05, 3.63) is 23.8 Å². The van der Waals surface area contributed by atoms with Crippen LogP contribution in [0.15, 0.2) is 18.2 Å². The first-order chi connectivity index (χ1) is 15.0. The van der Waals surface area contributed by atoms with Crippen molar-refractivity contribution < 1.29 is 33.4 Å². The number of amides is 3. The molecule has 0 unspecified atom stereocenters. The second-order valence-corrected chi connectivity index (χ2v) is 9.41. The summed E-state index contributed by atoms with van der Waals surface area (Å²) in [5.41, 5.74) is -0.875. The second-order valence-electron chi connectivity index (χ2n) is 9.41. The van der Waals surface area contributed by atoms with Crippen LogP contribution in [-0.2, 0) is 14.3 Å². The quantitative estimate of drug-likeness (QED) is 0.389. The summed E-state index contributed by atoms with van der Waals surface area (Å²) in [5, 5.41) is 2.81. The van der Waals surface area contributed by atoms with E-state index in [9.17, 15) is 19.2 Å². The highest BCUT2D eigenvalue weighted by atomic mass is 16.5. The monoisotopic (exact) mass is 446 g/mol. The van der Waals surface area contributed by atoms with Crippen LogP contribution >= 0.6 is 0 Å². The van der Waals surface area contributed by atoms with Crippen LogP contribution in [0.3, 0.4) is 0 Å². The van der Waals surface area contributed by atoms with Gasteiger partial charge < -0.3 is 19.5 Å². The second kappa shape index (κ2) is 8.80. The molecule has 1 N–H and O–H groups in total. The van der Waals surface area contributed by atoms with E-state index in [1.54, 1.807) is 12.1 Å². The van der Waals surface area contributed by atoms with Crippen molar-refractivity contribution in [3.8, 4) is 11.5 Å². The maximum absolute atomic E-state index is 13.1. The van der Waals surface area contributed by atoms with Crippen molar-refractivity contribution in [1.29, 1.82) is 0 Å². The van der Waals surface area contributed by atoms with Gasteiger partial charge in [-0.2, -0.15) is 0 Å². The Bertz CT molecular complexity index is 942. The van der Waals surface area contributed by atoms with Gasteiger partial charge >= 0.3 is 12.0 Å². The standard InChI is InChI=1S/C23H30N2O7/c1-14-9-22(2,3)13-23(10-14)20(28)25(21(29)24-23)11-19(27)32-12-17(26)16-7-6-15(30-4)8-18(16)31-5/h6-8,14H,9-13H2,1-5H3,(H,24,29)/t14-,23-/m1/s1. The Morgan fingerprint density at radius 3 is 2.50 bits per heavy atom. The molecule has 9 nitrogen and oxygen atoms in total. The normalized spacial score (nSPS) is 24.3. The molecule has 1 heterocycles. The molecule has 2 atom stereocenters. The van der Waals surface area contributed by atoms with Gasteiger partial charge in [0.25, 0.3) is 5.91 Å². The number of ether oxygens (including phenoxy) is 3. The fourth-order valence-electron chi connectivity index (χ4n) is 5.08. The molecule has 1 saturated carbocycles. The molecule has 0 aromatic heterocycles. The van der Waals surface area contributed by atoms with Crippen LogP contribution in [0, 0.1) is 11.3 Å². The Labute approximate surface area is 187 Å². The van der Waals surface area contributed by atoms with Crippen LogP contribution in [0.1, 0.15) is 50.4 Å². The highest BCUT2D eigenvalue weighted by Crippen LogP contribution is 2.46. The number of urea groups is 1. The Kier molecular flexibility index (Phi) is 6.48. The molecule has 1 aromatic carbocycles. The number of nitrogens with one attached hydrogen (secondary N) is 1. The van der Waals surface area contributed by atoms with Gasteiger partial charge in [-0.15, -0.1) is 0 Å². The summed E-state index contributed by atoms with van der Waals surface area (Å²) in [6.45, 7) is 5.10.